The molecule has 0 aliphatic heterocycles. The summed E-state index contributed by atoms with van der Waals surface area (Å²) in [5.74, 6) is -3.42. The van der Waals surface area contributed by atoms with E-state index in [-0.39, 0.29) is 6.61 Å². The fraction of sp³-hybridized carbons (Fsp3) is 0.250. The van der Waals surface area contributed by atoms with Crippen molar-refractivity contribution in [3.05, 3.63) is 35.9 Å². The summed E-state index contributed by atoms with van der Waals surface area (Å²) in [5, 5.41) is 11.1. The van der Waals surface area contributed by atoms with Crippen LogP contribution in [0.15, 0.2) is 30.3 Å². The van der Waals surface area contributed by atoms with Gasteiger partial charge in [0.2, 0.25) is 0 Å². The van der Waals surface area contributed by atoms with Crippen molar-refractivity contribution in [3.63, 3.8) is 0 Å². The van der Waals surface area contributed by atoms with Gasteiger partial charge in [0.05, 0.1) is 6.61 Å². The Kier molecular flexibility index (Phi) is 4.86. The molecule has 1 rings (SSSR count). The number of rotatable bonds is 4. The predicted octanol–water partition coefficient (Wildman–Crippen LogP) is 0.492. The van der Waals surface area contributed by atoms with E-state index in [1.54, 1.807) is 37.3 Å². The van der Waals surface area contributed by atoms with Gasteiger partial charge in [-0.05, 0) is 12.5 Å². The van der Waals surface area contributed by atoms with Gasteiger partial charge in [-0.1, -0.05) is 30.3 Å². The van der Waals surface area contributed by atoms with Gasteiger partial charge < -0.3 is 15.2 Å². The van der Waals surface area contributed by atoms with Gasteiger partial charge in [0, 0.05) is 0 Å². The largest absolute Gasteiger partial charge is 0.479 e. The number of carbonyl (C=O) groups excluding carboxylic acids is 2. The standard InChI is InChI=1S/C12H13NO5/c1-2-18-12(17)10(14)13-9(11(15)16)8-6-4-3-5-7-8/h3-7,9H,2H2,1H3,(H,13,14)(H,15,16). The molecule has 2 N–H and O–H groups in total. The minimum absolute atomic E-state index is 0.0509. The lowest BCUT2D eigenvalue weighted by Gasteiger charge is -2.13. The highest BCUT2D eigenvalue weighted by Crippen LogP contribution is 2.12. The third kappa shape index (κ3) is 3.58. The van der Waals surface area contributed by atoms with E-state index in [0.717, 1.165) is 0 Å². The van der Waals surface area contributed by atoms with Gasteiger partial charge in [0.15, 0.2) is 6.04 Å². The molecular weight excluding hydrogens is 238 g/mol. The molecule has 1 unspecified atom stereocenters. The van der Waals surface area contributed by atoms with Crippen LogP contribution in [0, 0.1) is 0 Å². The Morgan fingerprint density at radius 3 is 2.39 bits per heavy atom. The van der Waals surface area contributed by atoms with Gasteiger partial charge in [0.25, 0.3) is 0 Å². The molecule has 0 aliphatic rings. The van der Waals surface area contributed by atoms with Crippen LogP contribution >= 0.6 is 0 Å². The summed E-state index contributed by atoms with van der Waals surface area (Å²) in [7, 11) is 0. The molecule has 6 nitrogen and oxygen atoms in total. The second kappa shape index (κ2) is 6.39. The van der Waals surface area contributed by atoms with E-state index in [0.29, 0.717) is 5.56 Å². The molecule has 0 bridgehead atoms. The molecule has 6 heteroatoms. The van der Waals surface area contributed by atoms with Crippen LogP contribution in [0.25, 0.3) is 0 Å². The summed E-state index contributed by atoms with van der Waals surface area (Å²) in [6.07, 6.45) is 0. The third-order valence-corrected chi connectivity index (χ3v) is 2.12. The van der Waals surface area contributed by atoms with Crippen molar-refractivity contribution in [2.75, 3.05) is 6.61 Å². The van der Waals surface area contributed by atoms with Gasteiger partial charge in [-0.25, -0.2) is 9.59 Å². The summed E-state index contributed by atoms with van der Waals surface area (Å²) in [4.78, 5) is 33.5. The number of carboxylic acid groups (broad SMARTS) is 1. The molecule has 0 saturated heterocycles. The first kappa shape index (κ1) is 13.7. The van der Waals surface area contributed by atoms with Crippen LogP contribution in [0.3, 0.4) is 0 Å². The molecule has 0 spiro atoms. The van der Waals surface area contributed by atoms with Gasteiger partial charge in [-0.3, -0.25) is 4.79 Å². The van der Waals surface area contributed by atoms with E-state index >= 15 is 0 Å². The van der Waals surface area contributed by atoms with Gasteiger partial charge in [0.1, 0.15) is 0 Å². The average Bonchev–Trinajstić information content (AvgIpc) is 2.36. The van der Waals surface area contributed by atoms with E-state index in [9.17, 15) is 14.4 Å². The fourth-order valence-electron chi connectivity index (χ4n) is 1.32. The average molecular weight is 251 g/mol. The zero-order valence-electron chi connectivity index (χ0n) is 9.75. The maximum Gasteiger partial charge on any atom is 0.396 e. The molecule has 1 aromatic rings. The molecule has 0 aromatic heterocycles. The maximum absolute atomic E-state index is 11.4. The Hall–Kier alpha value is -2.37. The van der Waals surface area contributed by atoms with Crippen molar-refractivity contribution in [1.29, 1.82) is 0 Å². The summed E-state index contributed by atoms with van der Waals surface area (Å²) in [5.41, 5.74) is 0.377. The van der Waals surface area contributed by atoms with Crippen molar-refractivity contribution in [1.82, 2.24) is 5.32 Å². The Morgan fingerprint density at radius 2 is 1.89 bits per heavy atom. The van der Waals surface area contributed by atoms with Crippen LogP contribution < -0.4 is 5.32 Å². The maximum atomic E-state index is 11.4. The number of ether oxygens (including phenoxy) is 1. The third-order valence-electron chi connectivity index (χ3n) is 2.12. The highest BCUT2D eigenvalue weighted by molar-refractivity contribution is 6.32. The highest BCUT2D eigenvalue weighted by Gasteiger charge is 2.25. The number of nitrogens with one attached hydrogen (secondary N) is 1. The lowest BCUT2D eigenvalue weighted by molar-refractivity contribution is -0.156. The number of amides is 1. The number of hydrogen-bond donors (Lipinski definition) is 2. The number of carbonyl (C=O) groups is 3. The van der Waals surface area contributed by atoms with E-state index in [1.807, 2.05) is 0 Å². The lowest BCUT2D eigenvalue weighted by atomic mass is 10.1. The summed E-state index contributed by atoms with van der Waals surface area (Å²) in [6.45, 7) is 1.60. The number of benzene rings is 1. The Labute approximate surface area is 104 Å². The molecular formula is C12H13NO5. The number of hydrogen-bond acceptors (Lipinski definition) is 4. The molecule has 0 radical (unpaired) electrons. The number of esters is 1. The van der Waals surface area contributed by atoms with Crippen LogP contribution in [0.2, 0.25) is 0 Å². The van der Waals surface area contributed by atoms with E-state index in [2.05, 4.69) is 10.1 Å². The minimum atomic E-state index is -1.27. The lowest BCUT2D eigenvalue weighted by Crippen LogP contribution is -2.38. The van der Waals surface area contributed by atoms with Gasteiger partial charge >= 0.3 is 17.8 Å². The zero-order valence-corrected chi connectivity index (χ0v) is 9.75. The fourth-order valence-corrected chi connectivity index (χ4v) is 1.32. The van der Waals surface area contributed by atoms with E-state index < -0.39 is 23.9 Å². The zero-order chi connectivity index (χ0) is 13.5. The first-order valence-electron chi connectivity index (χ1n) is 5.31. The van der Waals surface area contributed by atoms with E-state index in [4.69, 9.17) is 5.11 Å². The molecule has 1 aromatic carbocycles. The first-order chi connectivity index (χ1) is 8.56. The molecule has 1 atom stereocenters. The Balaban J connectivity index is 2.80. The van der Waals surface area contributed by atoms with Gasteiger partial charge in [-0.15, -0.1) is 0 Å². The molecule has 96 valence electrons. The summed E-state index contributed by atoms with van der Waals surface area (Å²) in [6, 6.07) is 6.82. The minimum Gasteiger partial charge on any atom is -0.479 e. The van der Waals surface area contributed by atoms with Crippen molar-refractivity contribution in [3.8, 4) is 0 Å². The van der Waals surface area contributed by atoms with Gasteiger partial charge in [-0.2, -0.15) is 0 Å². The molecule has 0 aliphatic carbocycles. The molecule has 0 fully saturated rings. The smallest absolute Gasteiger partial charge is 0.396 e. The second-order valence-electron chi connectivity index (χ2n) is 3.38. The molecule has 1 amide bonds. The van der Waals surface area contributed by atoms with E-state index in [1.165, 1.54) is 0 Å². The van der Waals surface area contributed by atoms with Crippen LogP contribution in [-0.2, 0) is 19.1 Å². The van der Waals surface area contributed by atoms with Crippen LogP contribution in [0.5, 0.6) is 0 Å². The number of aliphatic carboxylic acids is 1. The second-order valence-corrected chi connectivity index (χ2v) is 3.38. The first-order valence-corrected chi connectivity index (χ1v) is 5.31. The molecule has 0 heterocycles. The van der Waals surface area contributed by atoms with Crippen molar-refractivity contribution in [2.24, 2.45) is 0 Å². The summed E-state index contributed by atoms with van der Waals surface area (Å²) < 4.78 is 4.48. The SMILES string of the molecule is CCOC(=O)C(=O)NC(C(=O)O)c1ccccc1. The monoisotopic (exact) mass is 251 g/mol. The molecule has 0 saturated carbocycles. The Bertz CT molecular complexity index is 443. The number of carboxylic acids is 1. The summed E-state index contributed by atoms with van der Waals surface area (Å²) >= 11 is 0. The normalized spacial score (nSPS) is 11.4. The Morgan fingerprint density at radius 1 is 1.28 bits per heavy atom. The molecule has 18 heavy (non-hydrogen) atoms. The van der Waals surface area contributed by atoms with Crippen molar-refractivity contribution < 1.29 is 24.2 Å². The highest BCUT2D eigenvalue weighted by atomic mass is 16.5. The van der Waals surface area contributed by atoms with Crippen molar-refractivity contribution in [2.45, 2.75) is 13.0 Å². The van der Waals surface area contributed by atoms with Crippen LogP contribution in [0.4, 0.5) is 0 Å². The van der Waals surface area contributed by atoms with Crippen LogP contribution in [0.1, 0.15) is 18.5 Å². The van der Waals surface area contributed by atoms with Crippen LogP contribution in [-0.4, -0.2) is 29.6 Å². The van der Waals surface area contributed by atoms with Crippen molar-refractivity contribution >= 4 is 17.8 Å². The predicted molar refractivity (Wildman–Crippen MR) is 61.6 cm³/mol. The quantitative estimate of drug-likeness (QED) is 0.600. The topological polar surface area (TPSA) is 92.7 Å².